The van der Waals surface area contributed by atoms with Crippen molar-refractivity contribution in [2.75, 3.05) is 6.61 Å². The summed E-state index contributed by atoms with van der Waals surface area (Å²) in [7, 11) is 0. The molecule has 0 saturated heterocycles. The van der Waals surface area contributed by atoms with E-state index in [1.807, 2.05) is 26.0 Å². The van der Waals surface area contributed by atoms with Crippen LogP contribution in [0.1, 0.15) is 24.5 Å². The molecule has 0 unspecified atom stereocenters. The fourth-order valence-corrected chi connectivity index (χ4v) is 1.66. The summed E-state index contributed by atoms with van der Waals surface area (Å²) in [5.41, 5.74) is 1.86. The number of aryl methyl sites for hydroxylation is 1. The van der Waals surface area contributed by atoms with Gasteiger partial charge in [-0.05, 0) is 30.5 Å². The van der Waals surface area contributed by atoms with Gasteiger partial charge in [-0.1, -0.05) is 30.7 Å². The highest BCUT2D eigenvalue weighted by atomic mass is 35.5. The highest BCUT2D eigenvalue weighted by Gasteiger charge is 2.18. The van der Waals surface area contributed by atoms with E-state index in [1.54, 1.807) is 6.07 Å². The monoisotopic (exact) mass is 256 g/mol. The molecule has 0 aliphatic carbocycles. The van der Waals surface area contributed by atoms with Gasteiger partial charge in [0, 0.05) is 18.1 Å². The van der Waals surface area contributed by atoms with Crippen LogP contribution in [0.5, 0.6) is 0 Å². The van der Waals surface area contributed by atoms with Crippen LogP contribution in [0.15, 0.2) is 18.2 Å². The molecule has 17 heavy (non-hydrogen) atoms. The maximum atomic E-state index is 11.0. The maximum absolute atomic E-state index is 11.0. The largest absolute Gasteiger partial charge is 0.479 e. The Hall–Kier alpha value is -1.06. The van der Waals surface area contributed by atoms with E-state index in [0.717, 1.165) is 17.5 Å². The molecule has 1 aromatic carbocycles. The van der Waals surface area contributed by atoms with Crippen molar-refractivity contribution in [2.24, 2.45) is 0 Å². The van der Waals surface area contributed by atoms with Gasteiger partial charge in [0.15, 0.2) is 6.10 Å². The Labute approximate surface area is 106 Å². The molecule has 0 radical (unpaired) electrons. The zero-order valence-corrected chi connectivity index (χ0v) is 10.8. The molecule has 0 amide bonds. The Balaban J connectivity index is 2.71. The minimum absolute atomic E-state index is 0.343. The third-order valence-electron chi connectivity index (χ3n) is 2.46. The van der Waals surface area contributed by atoms with Crippen molar-refractivity contribution in [3.8, 4) is 0 Å². The number of carboxylic acids is 1. The van der Waals surface area contributed by atoms with E-state index in [9.17, 15) is 4.79 Å². The van der Waals surface area contributed by atoms with Crippen molar-refractivity contribution in [3.63, 3.8) is 0 Å². The van der Waals surface area contributed by atoms with E-state index < -0.39 is 12.1 Å². The lowest BCUT2D eigenvalue weighted by molar-refractivity contribution is -0.150. The first kappa shape index (κ1) is 14.0. The average Bonchev–Trinajstić information content (AvgIpc) is 2.28. The number of benzene rings is 1. The zero-order chi connectivity index (χ0) is 12.8. The molecule has 4 heteroatoms. The summed E-state index contributed by atoms with van der Waals surface area (Å²) in [5, 5.41) is 9.68. The van der Waals surface area contributed by atoms with Gasteiger partial charge in [-0.3, -0.25) is 0 Å². The molecule has 0 aliphatic rings. The van der Waals surface area contributed by atoms with E-state index >= 15 is 0 Å². The van der Waals surface area contributed by atoms with Crippen molar-refractivity contribution in [3.05, 3.63) is 34.3 Å². The number of rotatable bonds is 6. The van der Waals surface area contributed by atoms with Crippen LogP contribution >= 0.6 is 11.6 Å². The summed E-state index contributed by atoms with van der Waals surface area (Å²) in [5.74, 6) is -0.935. The van der Waals surface area contributed by atoms with Crippen molar-refractivity contribution < 1.29 is 14.6 Å². The quantitative estimate of drug-likeness (QED) is 0.851. The summed E-state index contributed by atoms with van der Waals surface area (Å²) < 4.78 is 5.28. The van der Waals surface area contributed by atoms with Crippen LogP contribution in [0.2, 0.25) is 5.02 Å². The van der Waals surface area contributed by atoms with Gasteiger partial charge in [0.1, 0.15) is 0 Å². The molecule has 0 bridgehead atoms. The molecular weight excluding hydrogens is 240 g/mol. The van der Waals surface area contributed by atoms with Gasteiger partial charge in [0.2, 0.25) is 0 Å². The minimum atomic E-state index is -0.935. The SMILES string of the molecule is CCCO[C@H](Cc1ccc(C)c(Cl)c1)C(=O)O. The first-order valence-corrected chi connectivity index (χ1v) is 6.01. The molecule has 0 heterocycles. The molecule has 1 rings (SSSR count). The van der Waals surface area contributed by atoms with Crippen LogP contribution in [0, 0.1) is 6.92 Å². The Bertz CT molecular complexity index is 390. The van der Waals surface area contributed by atoms with Crippen LogP contribution < -0.4 is 0 Å². The number of carbonyl (C=O) groups is 1. The molecule has 3 nitrogen and oxygen atoms in total. The second kappa shape index (κ2) is 6.62. The number of aliphatic carboxylic acids is 1. The second-order valence-electron chi connectivity index (χ2n) is 3.99. The Morgan fingerprint density at radius 3 is 2.76 bits per heavy atom. The summed E-state index contributed by atoms with van der Waals surface area (Å²) in [4.78, 5) is 11.0. The van der Waals surface area contributed by atoms with Crippen molar-refractivity contribution in [2.45, 2.75) is 32.8 Å². The average molecular weight is 257 g/mol. The smallest absolute Gasteiger partial charge is 0.333 e. The van der Waals surface area contributed by atoms with Gasteiger partial charge < -0.3 is 9.84 Å². The Morgan fingerprint density at radius 2 is 2.24 bits per heavy atom. The van der Waals surface area contributed by atoms with Crippen molar-refractivity contribution in [1.29, 1.82) is 0 Å². The third-order valence-corrected chi connectivity index (χ3v) is 2.86. The highest BCUT2D eigenvalue weighted by molar-refractivity contribution is 6.31. The van der Waals surface area contributed by atoms with Gasteiger partial charge in [-0.15, -0.1) is 0 Å². The van der Waals surface area contributed by atoms with Crippen LogP contribution in [0.25, 0.3) is 0 Å². The minimum Gasteiger partial charge on any atom is -0.479 e. The molecular formula is C13H17ClO3. The van der Waals surface area contributed by atoms with E-state index in [2.05, 4.69) is 0 Å². The second-order valence-corrected chi connectivity index (χ2v) is 4.39. The molecule has 94 valence electrons. The first-order chi connectivity index (χ1) is 8.04. The first-order valence-electron chi connectivity index (χ1n) is 5.64. The molecule has 1 aromatic rings. The van der Waals surface area contributed by atoms with Crippen LogP contribution in [-0.4, -0.2) is 23.8 Å². The lowest BCUT2D eigenvalue weighted by Gasteiger charge is -2.13. The van der Waals surface area contributed by atoms with Gasteiger partial charge in [0.25, 0.3) is 0 Å². The predicted octanol–water partition coefficient (Wildman–Crippen LogP) is 3.07. The van der Waals surface area contributed by atoms with E-state index in [-0.39, 0.29) is 0 Å². The normalized spacial score (nSPS) is 12.4. The molecule has 0 saturated carbocycles. The van der Waals surface area contributed by atoms with Crippen LogP contribution in [0.3, 0.4) is 0 Å². The maximum Gasteiger partial charge on any atom is 0.333 e. The predicted molar refractivity (Wildman–Crippen MR) is 67.6 cm³/mol. The lowest BCUT2D eigenvalue weighted by Crippen LogP contribution is -2.26. The fraction of sp³-hybridized carbons (Fsp3) is 0.462. The molecule has 0 spiro atoms. The lowest BCUT2D eigenvalue weighted by atomic mass is 10.1. The van der Waals surface area contributed by atoms with E-state index in [1.165, 1.54) is 0 Å². The number of carboxylic acid groups (broad SMARTS) is 1. The zero-order valence-electron chi connectivity index (χ0n) is 10.1. The van der Waals surface area contributed by atoms with Crippen LogP contribution in [0.4, 0.5) is 0 Å². The van der Waals surface area contributed by atoms with E-state index in [4.69, 9.17) is 21.4 Å². The Kier molecular flexibility index (Phi) is 5.45. The molecule has 1 atom stereocenters. The summed E-state index contributed by atoms with van der Waals surface area (Å²) >= 11 is 5.99. The summed E-state index contributed by atoms with van der Waals surface area (Å²) in [6, 6.07) is 5.56. The standard InChI is InChI=1S/C13H17ClO3/c1-3-6-17-12(13(15)16)8-10-5-4-9(2)11(14)7-10/h4-5,7,12H,3,6,8H2,1-2H3,(H,15,16)/t12-/m1/s1. The van der Waals surface area contributed by atoms with Crippen molar-refractivity contribution in [1.82, 2.24) is 0 Å². The summed E-state index contributed by atoms with van der Waals surface area (Å²) in [6.45, 7) is 4.31. The molecule has 1 N–H and O–H groups in total. The van der Waals surface area contributed by atoms with Gasteiger partial charge >= 0.3 is 5.97 Å². The van der Waals surface area contributed by atoms with Crippen LogP contribution in [-0.2, 0) is 16.0 Å². The van der Waals surface area contributed by atoms with E-state index in [0.29, 0.717) is 18.1 Å². The molecule has 0 aliphatic heterocycles. The topological polar surface area (TPSA) is 46.5 Å². The van der Waals surface area contributed by atoms with Gasteiger partial charge in [-0.2, -0.15) is 0 Å². The number of hydrogen-bond acceptors (Lipinski definition) is 2. The number of halogens is 1. The molecule has 0 aromatic heterocycles. The van der Waals surface area contributed by atoms with Crippen molar-refractivity contribution >= 4 is 17.6 Å². The Morgan fingerprint density at radius 1 is 1.53 bits per heavy atom. The number of ether oxygens (including phenoxy) is 1. The number of hydrogen-bond donors (Lipinski definition) is 1. The summed E-state index contributed by atoms with van der Waals surface area (Å²) in [6.07, 6.45) is 0.349. The highest BCUT2D eigenvalue weighted by Crippen LogP contribution is 2.18. The molecule has 0 fully saturated rings. The van der Waals surface area contributed by atoms with Gasteiger partial charge in [-0.25, -0.2) is 4.79 Å². The van der Waals surface area contributed by atoms with Gasteiger partial charge in [0.05, 0.1) is 0 Å². The third kappa shape index (κ3) is 4.36. The fourth-order valence-electron chi connectivity index (χ4n) is 1.46.